The van der Waals surface area contributed by atoms with Gasteiger partial charge in [-0.05, 0) is 0 Å². The van der Waals surface area contributed by atoms with Crippen molar-refractivity contribution in [2.24, 2.45) is 0 Å². The van der Waals surface area contributed by atoms with Crippen molar-refractivity contribution in [1.29, 1.82) is 5.26 Å². The zero-order valence-electron chi connectivity index (χ0n) is 8.52. The monoisotopic (exact) mass is 230 g/mol. The second kappa shape index (κ2) is 8.12. The molecule has 2 N–H and O–H groups in total. The standard InChI is InChI=1S/C9H14N2O3S/c1-7(5-9(13)14)15-6-8(12)11-4-2-3-10/h7H,2,4-6H2,1H3,(H,11,12)(H,13,14). The third-order valence-corrected chi connectivity index (χ3v) is 2.68. The van der Waals surface area contributed by atoms with Gasteiger partial charge in [-0.15, -0.1) is 11.8 Å². The second-order valence-electron chi connectivity index (χ2n) is 2.98. The lowest BCUT2D eigenvalue weighted by Crippen LogP contribution is -2.26. The van der Waals surface area contributed by atoms with Crippen LogP contribution in [0.4, 0.5) is 0 Å². The molecule has 1 atom stereocenters. The molecule has 0 rings (SSSR count). The number of nitrogens with one attached hydrogen (secondary N) is 1. The van der Waals surface area contributed by atoms with Gasteiger partial charge in [-0.2, -0.15) is 5.26 Å². The number of thioether (sulfide) groups is 1. The van der Waals surface area contributed by atoms with Crippen LogP contribution < -0.4 is 5.32 Å². The summed E-state index contributed by atoms with van der Waals surface area (Å²) in [5, 5.41) is 19.2. The number of hydrogen-bond donors (Lipinski definition) is 2. The molecule has 0 aromatic rings. The molecule has 5 nitrogen and oxygen atoms in total. The summed E-state index contributed by atoms with van der Waals surface area (Å²) >= 11 is 1.30. The Kier molecular flexibility index (Phi) is 7.46. The lowest BCUT2D eigenvalue weighted by molar-refractivity contribution is -0.136. The van der Waals surface area contributed by atoms with Gasteiger partial charge in [-0.25, -0.2) is 0 Å². The molecule has 0 heterocycles. The van der Waals surface area contributed by atoms with Crippen LogP contribution in [0.25, 0.3) is 0 Å². The van der Waals surface area contributed by atoms with Crippen LogP contribution in [-0.4, -0.2) is 34.5 Å². The summed E-state index contributed by atoms with van der Waals surface area (Å²) in [6.45, 7) is 2.12. The summed E-state index contributed by atoms with van der Waals surface area (Å²) in [6, 6.07) is 1.91. The zero-order chi connectivity index (χ0) is 11.7. The van der Waals surface area contributed by atoms with E-state index in [0.29, 0.717) is 13.0 Å². The third-order valence-electron chi connectivity index (χ3n) is 1.52. The molecule has 0 aliphatic rings. The second-order valence-corrected chi connectivity index (χ2v) is 4.40. The number of rotatable bonds is 7. The molecule has 0 bridgehead atoms. The lowest BCUT2D eigenvalue weighted by atomic mass is 10.3. The first-order chi connectivity index (χ1) is 7.06. The Labute approximate surface area is 92.8 Å². The maximum atomic E-state index is 11.1. The Balaban J connectivity index is 3.53. The highest BCUT2D eigenvalue weighted by atomic mass is 32.2. The fraction of sp³-hybridized carbons (Fsp3) is 0.667. The zero-order valence-corrected chi connectivity index (χ0v) is 9.34. The van der Waals surface area contributed by atoms with Crippen LogP contribution in [0, 0.1) is 11.3 Å². The van der Waals surface area contributed by atoms with Crippen molar-refractivity contribution in [2.75, 3.05) is 12.3 Å². The molecule has 6 heteroatoms. The number of hydrogen-bond acceptors (Lipinski definition) is 4. The Bertz CT molecular complexity index is 263. The number of carboxylic acids is 1. The van der Waals surface area contributed by atoms with E-state index < -0.39 is 5.97 Å². The molecule has 0 aliphatic heterocycles. The number of carbonyl (C=O) groups excluding carboxylic acids is 1. The number of nitriles is 1. The van der Waals surface area contributed by atoms with Gasteiger partial charge in [-0.3, -0.25) is 9.59 Å². The molecule has 1 amide bonds. The van der Waals surface area contributed by atoms with Crippen molar-refractivity contribution in [3.05, 3.63) is 0 Å². The number of nitrogens with zero attached hydrogens (tertiary/aromatic N) is 1. The molecule has 0 aliphatic carbocycles. The summed E-state index contributed by atoms with van der Waals surface area (Å²) in [4.78, 5) is 21.4. The van der Waals surface area contributed by atoms with E-state index in [1.54, 1.807) is 6.92 Å². The molecule has 0 saturated heterocycles. The Morgan fingerprint density at radius 3 is 2.80 bits per heavy atom. The molecule has 0 spiro atoms. The van der Waals surface area contributed by atoms with Crippen molar-refractivity contribution >= 4 is 23.6 Å². The van der Waals surface area contributed by atoms with Crippen molar-refractivity contribution in [2.45, 2.75) is 25.0 Å². The fourth-order valence-electron chi connectivity index (χ4n) is 0.832. The average molecular weight is 230 g/mol. The first kappa shape index (κ1) is 13.8. The minimum atomic E-state index is -0.861. The third kappa shape index (κ3) is 9.09. The van der Waals surface area contributed by atoms with E-state index in [-0.39, 0.29) is 23.3 Å². The Morgan fingerprint density at radius 1 is 1.60 bits per heavy atom. The predicted molar refractivity (Wildman–Crippen MR) is 57.4 cm³/mol. The van der Waals surface area contributed by atoms with Crippen molar-refractivity contribution in [3.63, 3.8) is 0 Å². The molecular weight excluding hydrogens is 216 g/mol. The van der Waals surface area contributed by atoms with E-state index >= 15 is 0 Å². The molecular formula is C9H14N2O3S. The highest BCUT2D eigenvalue weighted by Crippen LogP contribution is 2.13. The average Bonchev–Trinajstić information content (AvgIpc) is 2.14. The van der Waals surface area contributed by atoms with Crippen LogP contribution in [-0.2, 0) is 9.59 Å². The summed E-state index contributed by atoms with van der Waals surface area (Å²) in [5.41, 5.74) is 0. The molecule has 0 aromatic carbocycles. The number of carboxylic acid groups (broad SMARTS) is 1. The van der Waals surface area contributed by atoms with Gasteiger partial charge in [0.15, 0.2) is 0 Å². The highest BCUT2D eigenvalue weighted by Gasteiger charge is 2.10. The van der Waals surface area contributed by atoms with Crippen LogP contribution in [0.5, 0.6) is 0 Å². The lowest BCUT2D eigenvalue weighted by Gasteiger charge is -2.07. The van der Waals surface area contributed by atoms with Crippen molar-refractivity contribution < 1.29 is 14.7 Å². The van der Waals surface area contributed by atoms with Gasteiger partial charge < -0.3 is 10.4 Å². The van der Waals surface area contributed by atoms with Gasteiger partial charge in [-0.1, -0.05) is 6.92 Å². The maximum Gasteiger partial charge on any atom is 0.304 e. The minimum Gasteiger partial charge on any atom is -0.481 e. The van der Waals surface area contributed by atoms with Crippen LogP contribution >= 0.6 is 11.8 Å². The topological polar surface area (TPSA) is 90.2 Å². The summed E-state index contributed by atoms with van der Waals surface area (Å²) in [5.74, 6) is -0.785. The van der Waals surface area contributed by atoms with E-state index in [9.17, 15) is 9.59 Å². The van der Waals surface area contributed by atoms with Gasteiger partial charge in [0, 0.05) is 11.8 Å². The van der Waals surface area contributed by atoms with E-state index in [1.165, 1.54) is 11.8 Å². The fourth-order valence-corrected chi connectivity index (χ4v) is 1.63. The van der Waals surface area contributed by atoms with Crippen LogP contribution in [0.3, 0.4) is 0 Å². The van der Waals surface area contributed by atoms with Gasteiger partial charge in [0.05, 0.1) is 24.7 Å². The van der Waals surface area contributed by atoms with Gasteiger partial charge in [0.25, 0.3) is 0 Å². The molecule has 0 aromatic heterocycles. The summed E-state index contributed by atoms with van der Waals surface area (Å²) in [7, 11) is 0. The number of amides is 1. The number of carbonyl (C=O) groups is 2. The first-order valence-electron chi connectivity index (χ1n) is 4.53. The molecule has 1 unspecified atom stereocenters. The van der Waals surface area contributed by atoms with Gasteiger partial charge in [0.2, 0.25) is 5.91 Å². The molecule has 0 fully saturated rings. The summed E-state index contributed by atoms with van der Waals surface area (Å²) in [6.07, 6.45) is 0.344. The maximum absolute atomic E-state index is 11.1. The SMILES string of the molecule is CC(CC(=O)O)SCC(=O)NCCC#N. The number of aliphatic carboxylic acids is 1. The quantitative estimate of drug-likeness (QED) is 0.625. The van der Waals surface area contributed by atoms with Crippen LogP contribution in [0.15, 0.2) is 0 Å². The Hall–Kier alpha value is -1.22. The normalized spacial score (nSPS) is 11.5. The summed E-state index contributed by atoms with van der Waals surface area (Å²) < 4.78 is 0. The highest BCUT2D eigenvalue weighted by molar-refractivity contribution is 8.00. The largest absolute Gasteiger partial charge is 0.481 e. The van der Waals surface area contributed by atoms with Crippen LogP contribution in [0.1, 0.15) is 19.8 Å². The molecule has 84 valence electrons. The minimum absolute atomic E-state index is 0.0517. The van der Waals surface area contributed by atoms with E-state index in [4.69, 9.17) is 10.4 Å². The van der Waals surface area contributed by atoms with E-state index in [2.05, 4.69) is 5.32 Å². The molecule has 15 heavy (non-hydrogen) atoms. The smallest absolute Gasteiger partial charge is 0.304 e. The first-order valence-corrected chi connectivity index (χ1v) is 5.58. The predicted octanol–water partition coefficient (Wildman–Crippen LogP) is 0.613. The van der Waals surface area contributed by atoms with Crippen molar-refractivity contribution in [3.8, 4) is 6.07 Å². The van der Waals surface area contributed by atoms with Crippen molar-refractivity contribution in [1.82, 2.24) is 5.32 Å². The van der Waals surface area contributed by atoms with Gasteiger partial charge in [0.1, 0.15) is 0 Å². The van der Waals surface area contributed by atoms with Gasteiger partial charge >= 0.3 is 5.97 Å². The van der Waals surface area contributed by atoms with Crippen LogP contribution in [0.2, 0.25) is 0 Å². The molecule has 0 radical (unpaired) electrons. The van der Waals surface area contributed by atoms with E-state index in [0.717, 1.165) is 0 Å². The molecule has 0 saturated carbocycles. The Morgan fingerprint density at radius 2 is 2.27 bits per heavy atom. The van der Waals surface area contributed by atoms with E-state index in [1.807, 2.05) is 6.07 Å².